The van der Waals surface area contributed by atoms with Gasteiger partial charge in [0.2, 0.25) is 0 Å². The first-order chi connectivity index (χ1) is 7.16. The van der Waals surface area contributed by atoms with Crippen LogP contribution >= 0.6 is 0 Å². The highest BCUT2D eigenvalue weighted by molar-refractivity contribution is 5.50. The molecule has 0 radical (unpaired) electrons. The first-order valence-electron chi connectivity index (χ1n) is 5.63. The molecule has 3 nitrogen and oxygen atoms in total. The van der Waals surface area contributed by atoms with Crippen molar-refractivity contribution in [1.82, 2.24) is 4.98 Å². The molecular weight excluding hydrogens is 186 g/mol. The Labute approximate surface area is 91.1 Å². The standard InChI is InChI=1S/C12H19N3/c1-8-5-12(15-7-11(8)13)14-6-9(2)10-3-4-10/h5,7,9-10H,3-4,6,13H2,1-2H3,(H,14,15). The third kappa shape index (κ3) is 2.61. The van der Waals surface area contributed by atoms with Gasteiger partial charge in [0.05, 0.1) is 11.9 Å². The summed E-state index contributed by atoms with van der Waals surface area (Å²) in [6, 6.07) is 2.01. The molecule has 1 atom stereocenters. The summed E-state index contributed by atoms with van der Waals surface area (Å²) in [7, 11) is 0. The van der Waals surface area contributed by atoms with Crippen LogP contribution in [0.5, 0.6) is 0 Å². The zero-order valence-corrected chi connectivity index (χ0v) is 9.46. The molecule has 0 aliphatic heterocycles. The molecule has 1 saturated carbocycles. The molecule has 15 heavy (non-hydrogen) atoms. The van der Waals surface area contributed by atoms with Crippen molar-refractivity contribution in [3.8, 4) is 0 Å². The number of nitrogen functional groups attached to an aromatic ring is 1. The van der Waals surface area contributed by atoms with E-state index in [9.17, 15) is 0 Å². The minimum absolute atomic E-state index is 0.754. The van der Waals surface area contributed by atoms with Gasteiger partial charge in [-0.1, -0.05) is 6.92 Å². The summed E-state index contributed by atoms with van der Waals surface area (Å²) in [6.45, 7) is 5.32. The third-order valence-corrected chi connectivity index (χ3v) is 3.18. The van der Waals surface area contributed by atoms with E-state index in [0.717, 1.165) is 35.4 Å². The van der Waals surface area contributed by atoms with E-state index >= 15 is 0 Å². The van der Waals surface area contributed by atoms with E-state index in [-0.39, 0.29) is 0 Å². The molecule has 1 unspecified atom stereocenters. The zero-order valence-electron chi connectivity index (χ0n) is 9.46. The van der Waals surface area contributed by atoms with E-state index in [2.05, 4.69) is 17.2 Å². The van der Waals surface area contributed by atoms with Gasteiger partial charge in [0.15, 0.2) is 0 Å². The van der Waals surface area contributed by atoms with Gasteiger partial charge >= 0.3 is 0 Å². The second kappa shape index (κ2) is 4.09. The maximum absolute atomic E-state index is 5.71. The number of aromatic nitrogens is 1. The molecule has 3 heteroatoms. The number of hydrogen-bond donors (Lipinski definition) is 2. The van der Waals surface area contributed by atoms with Gasteiger partial charge in [-0.05, 0) is 43.2 Å². The first kappa shape index (κ1) is 10.3. The van der Waals surface area contributed by atoms with E-state index in [0.29, 0.717) is 0 Å². The van der Waals surface area contributed by atoms with Crippen molar-refractivity contribution >= 4 is 11.5 Å². The number of rotatable bonds is 4. The molecule has 3 N–H and O–H groups in total. The minimum atomic E-state index is 0.754. The highest BCUT2D eigenvalue weighted by Gasteiger charge is 2.27. The van der Waals surface area contributed by atoms with Gasteiger partial charge in [0.1, 0.15) is 5.82 Å². The number of nitrogens with two attached hydrogens (primary N) is 1. The van der Waals surface area contributed by atoms with Gasteiger partial charge in [0.25, 0.3) is 0 Å². The average Bonchev–Trinajstić information content (AvgIpc) is 3.03. The Kier molecular flexibility index (Phi) is 2.80. The summed E-state index contributed by atoms with van der Waals surface area (Å²) in [5, 5.41) is 3.37. The lowest BCUT2D eigenvalue weighted by atomic mass is 10.1. The number of aryl methyl sites for hydroxylation is 1. The van der Waals surface area contributed by atoms with Crippen LogP contribution in [0.3, 0.4) is 0 Å². The van der Waals surface area contributed by atoms with Gasteiger partial charge in [0, 0.05) is 6.54 Å². The SMILES string of the molecule is Cc1cc(NCC(C)C2CC2)ncc1N. The van der Waals surface area contributed by atoms with Gasteiger partial charge in [-0.15, -0.1) is 0 Å². The molecule has 0 bridgehead atoms. The van der Waals surface area contributed by atoms with Crippen LogP contribution in [0.25, 0.3) is 0 Å². The topological polar surface area (TPSA) is 50.9 Å². The molecule has 1 heterocycles. The van der Waals surface area contributed by atoms with Crippen molar-refractivity contribution in [2.45, 2.75) is 26.7 Å². The number of anilines is 2. The van der Waals surface area contributed by atoms with Gasteiger partial charge in [-0.2, -0.15) is 0 Å². The number of nitrogens with one attached hydrogen (secondary N) is 1. The maximum Gasteiger partial charge on any atom is 0.126 e. The summed E-state index contributed by atoms with van der Waals surface area (Å²) in [4.78, 5) is 4.25. The average molecular weight is 205 g/mol. The Hall–Kier alpha value is -1.25. The van der Waals surface area contributed by atoms with Crippen LogP contribution in [0.2, 0.25) is 0 Å². The van der Waals surface area contributed by atoms with Crippen LogP contribution in [-0.4, -0.2) is 11.5 Å². The van der Waals surface area contributed by atoms with Crippen LogP contribution in [-0.2, 0) is 0 Å². The van der Waals surface area contributed by atoms with E-state index in [1.807, 2.05) is 13.0 Å². The quantitative estimate of drug-likeness (QED) is 0.793. The first-order valence-corrected chi connectivity index (χ1v) is 5.63. The highest BCUT2D eigenvalue weighted by Crippen LogP contribution is 2.36. The van der Waals surface area contributed by atoms with Crippen LogP contribution in [0.4, 0.5) is 11.5 Å². The predicted octanol–water partition coefficient (Wildman–Crippen LogP) is 2.43. The van der Waals surface area contributed by atoms with Crippen LogP contribution in [0, 0.1) is 18.8 Å². The van der Waals surface area contributed by atoms with E-state index < -0.39 is 0 Å². The summed E-state index contributed by atoms with van der Waals surface area (Å²) in [5.74, 6) is 2.63. The van der Waals surface area contributed by atoms with Crippen molar-refractivity contribution in [3.05, 3.63) is 17.8 Å². The molecular formula is C12H19N3. The number of nitrogens with zero attached hydrogens (tertiary/aromatic N) is 1. The van der Waals surface area contributed by atoms with Gasteiger partial charge in [-0.25, -0.2) is 4.98 Å². The maximum atomic E-state index is 5.71. The minimum Gasteiger partial charge on any atom is -0.397 e. The monoisotopic (exact) mass is 205 g/mol. The van der Waals surface area contributed by atoms with Crippen molar-refractivity contribution in [2.24, 2.45) is 11.8 Å². The van der Waals surface area contributed by atoms with Crippen molar-refractivity contribution in [3.63, 3.8) is 0 Å². The summed E-state index contributed by atoms with van der Waals surface area (Å²) in [5.41, 5.74) is 7.56. The Balaban J connectivity index is 1.89. The second-order valence-corrected chi connectivity index (χ2v) is 4.62. The zero-order chi connectivity index (χ0) is 10.8. The molecule has 82 valence electrons. The lowest BCUT2D eigenvalue weighted by Crippen LogP contribution is -2.13. The van der Waals surface area contributed by atoms with Gasteiger partial charge in [-0.3, -0.25) is 0 Å². The fraction of sp³-hybridized carbons (Fsp3) is 0.583. The molecule has 1 aliphatic rings. The molecule has 0 spiro atoms. The van der Waals surface area contributed by atoms with E-state index in [1.165, 1.54) is 12.8 Å². The Morgan fingerprint density at radius 1 is 1.60 bits per heavy atom. The fourth-order valence-corrected chi connectivity index (χ4v) is 1.76. The molecule has 1 aromatic heterocycles. The number of pyridine rings is 1. The predicted molar refractivity (Wildman–Crippen MR) is 63.8 cm³/mol. The second-order valence-electron chi connectivity index (χ2n) is 4.62. The molecule has 0 saturated heterocycles. The highest BCUT2D eigenvalue weighted by atomic mass is 15.0. The van der Waals surface area contributed by atoms with Crippen LogP contribution < -0.4 is 11.1 Å². The van der Waals surface area contributed by atoms with Crippen molar-refractivity contribution in [1.29, 1.82) is 0 Å². The van der Waals surface area contributed by atoms with Crippen molar-refractivity contribution in [2.75, 3.05) is 17.6 Å². The summed E-state index contributed by atoms with van der Waals surface area (Å²) >= 11 is 0. The number of hydrogen-bond acceptors (Lipinski definition) is 3. The third-order valence-electron chi connectivity index (χ3n) is 3.18. The van der Waals surface area contributed by atoms with Gasteiger partial charge < -0.3 is 11.1 Å². The molecule has 1 fully saturated rings. The smallest absolute Gasteiger partial charge is 0.126 e. The van der Waals surface area contributed by atoms with Crippen molar-refractivity contribution < 1.29 is 0 Å². The Morgan fingerprint density at radius 2 is 2.33 bits per heavy atom. The van der Waals surface area contributed by atoms with E-state index in [1.54, 1.807) is 6.20 Å². The fourth-order valence-electron chi connectivity index (χ4n) is 1.76. The Bertz CT molecular complexity index is 345. The van der Waals surface area contributed by atoms with E-state index in [4.69, 9.17) is 5.73 Å². The van der Waals surface area contributed by atoms with Crippen LogP contribution in [0.1, 0.15) is 25.3 Å². The Morgan fingerprint density at radius 3 is 2.93 bits per heavy atom. The molecule has 0 aromatic carbocycles. The summed E-state index contributed by atoms with van der Waals surface area (Å²) in [6.07, 6.45) is 4.52. The summed E-state index contributed by atoms with van der Waals surface area (Å²) < 4.78 is 0. The lowest BCUT2D eigenvalue weighted by Gasteiger charge is -2.12. The van der Waals surface area contributed by atoms with Crippen LogP contribution in [0.15, 0.2) is 12.3 Å². The molecule has 2 rings (SSSR count). The molecule has 1 aromatic rings. The lowest BCUT2D eigenvalue weighted by molar-refractivity contribution is 0.536. The molecule has 0 amide bonds. The largest absolute Gasteiger partial charge is 0.397 e. The molecule has 1 aliphatic carbocycles. The normalized spacial score (nSPS) is 17.5.